The maximum absolute atomic E-state index is 13.5. The van der Waals surface area contributed by atoms with Crippen LogP contribution in [-0.4, -0.2) is 50.5 Å². The fourth-order valence-corrected chi connectivity index (χ4v) is 5.39. The summed E-state index contributed by atoms with van der Waals surface area (Å²) in [7, 11) is -1.99. The molecule has 1 aromatic carbocycles. The van der Waals surface area contributed by atoms with Gasteiger partial charge in [-0.1, -0.05) is 32.4 Å². The molecule has 3 heterocycles. The molecule has 9 heteroatoms. The molecule has 0 saturated carbocycles. The van der Waals surface area contributed by atoms with Crippen molar-refractivity contribution in [2.24, 2.45) is 0 Å². The fourth-order valence-electron chi connectivity index (χ4n) is 4.05. The molecule has 0 N–H and O–H groups in total. The molecule has 7 nitrogen and oxygen atoms in total. The number of carbonyl (C=O) groups excluding carboxylic acids is 1. The summed E-state index contributed by atoms with van der Waals surface area (Å²) in [5.74, 6) is 0.970. The molecule has 0 spiro atoms. The van der Waals surface area contributed by atoms with Gasteiger partial charge in [-0.15, -0.1) is 0 Å². The lowest BCUT2D eigenvalue weighted by molar-refractivity contribution is -0.121. The number of halogens is 1. The molecule has 0 bridgehead atoms. The molecule has 34 heavy (non-hydrogen) atoms. The molecule has 2 aromatic rings. The van der Waals surface area contributed by atoms with Crippen molar-refractivity contribution < 1.29 is 14.0 Å². The topological polar surface area (TPSA) is 67.8 Å². The number of fused-ring (bicyclic) bond motifs is 1. The third-order valence-electron chi connectivity index (χ3n) is 7.32. The fraction of sp³-hybridized carbons (Fsp3) is 0.560. The van der Waals surface area contributed by atoms with E-state index in [1.807, 2.05) is 38.1 Å². The van der Waals surface area contributed by atoms with Crippen LogP contribution in [0.5, 0.6) is 0 Å². The molecule has 4 rings (SSSR count). The molecule has 184 valence electrons. The van der Waals surface area contributed by atoms with Crippen molar-refractivity contribution in [1.82, 2.24) is 9.97 Å². The molecule has 0 atom stereocenters. The van der Waals surface area contributed by atoms with Crippen LogP contribution in [0.4, 0.5) is 17.2 Å². The van der Waals surface area contributed by atoms with Crippen LogP contribution in [0, 0.1) is 0 Å². The van der Waals surface area contributed by atoms with Gasteiger partial charge in [0.2, 0.25) is 5.91 Å². The minimum Gasteiger partial charge on any atom is -0.409 e. The van der Waals surface area contributed by atoms with Crippen LogP contribution in [0.1, 0.15) is 46.0 Å². The Hall–Kier alpha value is -2.00. The third-order valence-corrected chi connectivity index (χ3v) is 12.1. The zero-order valence-electron chi connectivity index (χ0n) is 21.2. The van der Waals surface area contributed by atoms with E-state index in [0.717, 1.165) is 37.7 Å². The summed E-state index contributed by atoms with van der Waals surface area (Å²) >= 11 is 6.65. The molecule has 2 aliphatic rings. The van der Waals surface area contributed by atoms with Crippen molar-refractivity contribution in [2.45, 2.75) is 64.8 Å². The quantitative estimate of drug-likeness (QED) is 0.400. The minimum absolute atomic E-state index is 0.0692. The van der Waals surface area contributed by atoms with Crippen LogP contribution in [0.15, 0.2) is 24.3 Å². The van der Waals surface area contributed by atoms with E-state index < -0.39 is 13.7 Å². The Morgan fingerprint density at radius 2 is 1.68 bits per heavy atom. The van der Waals surface area contributed by atoms with Gasteiger partial charge in [-0.2, -0.15) is 0 Å². The zero-order valence-corrected chi connectivity index (χ0v) is 23.0. The summed E-state index contributed by atoms with van der Waals surface area (Å²) in [6.07, 6.45) is 0. The largest absolute Gasteiger partial charge is 0.409 e. The van der Waals surface area contributed by atoms with E-state index in [4.69, 9.17) is 25.7 Å². The van der Waals surface area contributed by atoms with Gasteiger partial charge >= 0.3 is 0 Å². The average Bonchev–Trinajstić information content (AvgIpc) is 2.98. The van der Waals surface area contributed by atoms with Gasteiger partial charge in [-0.3, -0.25) is 9.69 Å². The molecule has 1 saturated heterocycles. The second-order valence-corrected chi connectivity index (χ2v) is 16.2. The van der Waals surface area contributed by atoms with Crippen LogP contribution in [0.25, 0.3) is 0 Å². The number of hydrogen-bond donors (Lipinski definition) is 0. The molecule has 1 aromatic heterocycles. The van der Waals surface area contributed by atoms with Crippen molar-refractivity contribution in [3.05, 3.63) is 40.8 Å². The van der Waals surface area contributed by atoms with Gasteiger partial charge in [0.05, 0.1) is 30.9 Å². The minimum atomic E-state index is -1.99. The number of hydrogen-bond acceptors (Lipinski definition) is 6. The number of benzene rings is 1. The highest BCUT2D eigenvalue weighted by Crippen LogP contribution is 2.47. The van der Waals surface area contributed by atoms with Gasteiger partial charge < -0.3 is 14.1 Å². The monoisotopic (exact) mass is 502 g/mol. The third kappa shape index (κ3) is 4.48. The first kappa shape index (κ1) is 25.1. The number of amides is 1. The van der Waals surface area contributed by atoms with E-state index >= 15 is 0 Å². The van der Waals surface area contributed by atoms with Crippen LogP contribution >= 0.6 is 11.6 Å². The van der Waals surface area contributed by atoms with Crippen LogP contribution in [0.3, 0.4) is 0 Å². The number of aromatic nitrogens is 2. The van der Waals surface area contributed by atoms with E-state index in [0.29, 0.717) is 22.4 Å². The van der Waals surface area contributed by atoms with Gasteiger partial charge in [-0.25, -0.2) is 9.97 Å². The summed E-state index contributed by atoms with van der Waals surface area (Å²) < 4.78 is 11.8. The Kier molecular flexibility index (Phi) is 6.57. The number of carbonyl (C=O) groups is 1. The van der Waals surface area contributed by atoms with Gasteiger partial charge in [0, 0.05) is 24.3 Å². The van der Waals surface area contributed by atoms with Gasteiger partial charge in [0.15, 0.2) is 14.1 Å². The predicted octanol–water partition coefficient (Wildman–Crippen LogP) is 5.44. The molecule has 0 unspecified atom stereocenters. The molecule has 0 aliphatic carbocycles. The van der Waals surface area contributed by atoms with Gasteiger partial charge in [0.1, 0.15) is 11.0 Å². The van der Waals surface area contributed by atoms with E-state index in [-0.39, 0.29) is 17.6 Å². The Balaban J connectivity index is 1.67. The standard InChI is InChI=1S/C25H35ClN4O3Si/c1-24(2,3)34(6,7)33-16-19-27-21(26)20-22(28-19)30(23(31)25(20,4)5)18-10-8-17(9-11-18)29-12-14-32-15-13-29/h8-11H,12-16H2,1-7H3. The first-order valence-corrected chi connectivity index (χ1v) is 15.1. The Morgan fingerprint density at radius 3 is 2.26 bits per heavy atom. The predicted molar refractivity (Wildman–Crippen MR) is 139 cm³/mol. The normalized spacial score (nSPS) is 18.4. The maximum Gasteiger partial charge on any atom is 0.243 e. The highest BCUT2D eigenvalue weighted by molar-refractivity contribution is 6.74. The average molecular weight is 503 g/mol. The highest BCUT2D eigenvalue weighted by Gasteiger charge is 2.48. The maximum atomic E-state index is 13.5. The first-order chi connectivity index (χ1) is 15.8. The number of anilines is 3. The van der Waals surface area contributed by atoms with E-state index in [1.165, 1.54) is 0 Å². The Bertz CT molecular complexity index is 1080. The summed E-state index contributed by atoms with van der Waals surface area (Å²) in [5, 5.41) is 0.379. The van der Waals surface area contributed by atoms with Crippen molar-refractivity contribution in [1.29, 1.82) is 0 Å². The van der Waals surface area contributed by atoms with E-state index in [1.54, 1.807) is 4.90 Å². The lowest BCUT2D eigenvalue weighted by atomic mass is 9.88. The smallest absolute Gasteiger partial charge is 0.243 e. The molecular weight excluding hydrogens is 468 g/mol. The van der Waals surface area contributed by atoms with Crippen LogP contribution < -0.4 is 9.80 Å². The zero-order chi connectivity index (χ0) is 24.9. The lowest BCUT2D eigenvalue weighted by Crippen LogP contribution is -2.40. The van der Waals surface area contributed by atoms with Crippen LogP contribution in [-0.2, 0) is 26.0 Å². The van der Waals surface area contributed by atoms with Gasteiger partial charge in [0.25, 0.3) is 0 Å². The molecule has 0 radical (unpaired) electrons. The van der Waals surface area contributed by atoms with Crippen LogP contribution in [0.2, 0.25) is 23.3 Å². The summed E-state index contributed by atoms with van der Waals surface area (Å²) in [4.78, 5) is 26.8. The molecule has 1 amide bonds. The van der Waals surface area contributed by atoms with Crippen molar-refractivity contribution >= 4 is 43.0 Å². The van der Waals surface area contributed by atoms with Crippen molar-refractivity contribution in [2.75, 3.05) is 36.1 Å². The second-order valence-electron chi connectivity index (χ2n) is 11.1. The number of morpholine rings is 1. The summed E-state index contributed by atoms with van der Waals surface area (Å²) in [6.45, 7) is 18.1. The molecule has 1 fully saturated rings. The molecule has 2 aliphatic heterocycles. The Morgan fingerprint density at radius 1 is 1.09 bits per heavy atom. The lowest BCUT2D eigenvalue weighted by Gasteiger charge is -2.35. The van der Waals surface area contributed by atoms with Crippen molar-refractivity contribution in [3.8, 4) is 0 Å². The second kappa shape index (κ2) is 8.89. The van der Waals surface area contributed by atoms with E-state index in [2.05, 4.69) is 43.7 Å². The SMILES string of the molecule is CC1(C)C(=O)N(c2ccc(N3CCOCC3)cc2)c2nc(CO[Si](C)(C)C(C)(C)C)nc(Cl)c21. The highest BCUT2D eigenvalue weighted by atomic mass is 35.5. The summed E-state index contributed by atoms with van der Waals surface area (Å²) in [5.41, 5.74) is 1.71. The number of nitrogens with zero attached hydrogens (tertiary/aromatic N) is 4. The first-order valence-electron chi connectivity index (χ1n) is 11.8. The summed E-state index contributed by atoms with van der Waals surface area (Å²) in [6, 6.07) is 8.03. The van der Waals surface area contributed by atoms with E-state index in [9.17, 15) is 4.79 Å². The van der Waals surface area contributed by atoms with Gasteiger partial charge in [-0.05, 0) is 56.2 Å². The molecular formula is C25H35ClN4O3Si. The number of rotatable bonds is 5. The number of ether oxygens (including phenoxy) is 1. The Labute approximate surface area is 208 Å². The van der Waals surface area contributed by atoms with Crippen molar-refractivity contribution in [3.63, 3.8) is 0 Å².